The molecule has 0 bridgehead atoms. The van der Waals surface area contributed by atoms with Crippen LogP contribution in [0.2, 0.25) is 0 Å². The quantitative estimate of drug-likeness (QED) is 0.443. The Morgan fingerprint density at radius 2 is 1.41 bits per heavy atom. The summed E-state index contributed by atoms with van der Waals surface area (Å²) in [5.74, 6) is 0.799. The van der Waals surface area contributed by atoms with Crippen LogP contribution in [0.25, 0.3) is 0 Å². The Bertz CT molecular complexity index is 838. The van der Waals surface area contributed by atoms with Crippen molar-refractivity contribution in [1.82, 2.24) is 15.0 Å². The van der Waals surface area contributed by atoms with Crippen LogP contribution in [-0.2, 0) is 0 Å². The summed E-state index contributed by atoms with van der Waals surface area (Å²) in [4.78, 5) is 12.8. The van der Waals surface area contributed by atoms with Crippen LogP contribution >= 0.6 is 0 Å². The highest BCUT2D eigenvalue weighted by molar-refractivity contribution is 5.59. The van der Waals surface area contributed by atoms with Crippen LogP contribution in [0.5, 0.6) is 17.5 Å². The monoisotopic (exact) mass is 367 g/mol. The van der Waals surface area contributed by atoms with Gasteiger partial charge in [0, 0.05) is 23.5 Å². The van der Waals surface area contributed by atoms with Crippen LogP contribution in [-0.4, -0.2) is 31.8 Å². The van der Waals surface area contributed by atoms with E-state index in [0.717, 1.165) is 12.8 Å². The summed E-state index contributed by atoms with van der Waals surface area (Å²) in [6.07, 6.45) is 1.88. The first-order valence-corrected chi connectivity index (χ1v) is 8.63. The minimum absolute atomic E-state index is 0.131. The van der Waals surface area contributed by atoms with Crippen molar-refractivity contribution in [2.45, 2.75) is 19.8 Å². The molecule has 4 N–H and O–H groups in total. The molecule has 0 unspecified atom stereocenters. The van der Waals surface area contributed by atoms with Gasteiger partial charge in [0.25, 0.3) is 0 Å². The number of rotatable bonds is 8. The second kappa shape index (κ2) is 8.70. The van der Waals surface area contributed by atoms with Crippen molar-refractivity contribution in [3.05, 3.63) is 48.5 Å². The topological polar surface area (TPSA) is 112 Å². The number of nitrogens with zero attached hydrogens (tertiary/aromatic N) is 3. The maximum Gasteiger partial charge on any atom is 0.323 e. The molecule has 2 aromatic carbocycles. The minimum Gasteiger partial charge on any atom is -0.508 e. The van der Waals surface area contributed by atoms with E-state index in [0.29, 0.717) is 18.0 Å². The first-order valence-electron chi connectivity index (χ1n) is 8.63. The predicted molar refractivity (Wildman–Crippen MR) is 103 cm³/mol. The van der Waals surface area contributed by atoms with E-state index in [1.807, 2.05) is 0 Å². The SMILES string of the molecule is CCCCOc1nc(Nc2cccc(O)c2)nc(Nc2cccc(O)c2)n1. The van der Waals surface area contributed by atoms with E-state index in [4.69, 9.17) is 4.74 Å². The molecule has 1 aromatic heterocycles. The second-order valence-electron chi connectivity index (χ2n) is 5.82. The Kier molecular flexibility index (Phi) is 5.88. The number of aromatic nitrogens is 3. The molecule has 0 atom stereocenters. The third-order valence-electron chi connectivity index (χ3n) is 3.55. The van der Waals surface area contributed by atoms with Crippen LogP contribution in [0.4, 0.5) is 23.3 Å². The first kappa shape index (κ1) is 18.2. The number of benzene rings is 2. The molecular formula is C19H21N5O3. The largest absolute Gasteiger partial charge is 0.508 e. The zero-order valence-electron chi connectivity index (χ0n) is 14.9. The molecule has 0 saturated carbocycles. The van der Waals surface area contributed by atoms with Gasteiger partial charge in [0.1, 0.15) is 11.5 Å². The molecule has 0 radical (unpaired) electrons. The second-order valence-corrected chi connectivity index (χ2v) is 5.82. The molecular weight excluding hydrogens is 346 g/mol. The van der Waals surface area contributed by atoms with E-state index in [1.54, 1.807) is 48.5 Å². The minimum atomic E-state index is 0.131. The van der Waals surface area contributed by atoms with E-state index >= 15 is 0 Å². The molecule has 3 aromatic rings. The molecule has 27 heavy (non-hydrogen) atoms. The highest BCUT2D eigenvalue weighted by atomic mass is 16.5. The maximum atomic E-state index is 9.61. The fraction of sp³-hybridized carbons (Fsp3) is 0.211. The Morgan fingerprint density at radius 3 is 1.89 bits per heavy atom. The van der Waals surface area contributed by atoms with Crippen molar-refractivity contribution in [3.8, 4) is 17.5 Å². The molecule has 0 aliphatic carbocycles. The number of ether oxygens (including phenoxy) is 1. The lowest BCUT2D eigenvalue weighted by molar-refractivity contribution is 0.285. The average Bonchev–Trinajstić information content (AvgIpc) is 2.62. The number of nitrogens with one attached hydrogen (secondary N) is 2. The Hall–Kier alpha value is -3.55. The molecule has 0 fully saturated rings. The van der Waals surface area contributed by atoms with E-state index < -0.39 is 0 Å². The summed E-state index contributed by atoms with van der Waals surface area (Å²) in [5.41, 5.74) is 1.26. The molecule has 0 saturated heterocycles. The summed E-state index contributed by atoms with van der Waals surface area (Å²) in [7, 11) is 0. The van der Waals surface area contributed by atoms with Gasteiger partial charge in [-0.1, -0.05) is 25.5 Å². The molecule has 0 aliphatic heterocycles. The smallest absolute Gasteiger partial charge is 0.323 e. The van der Waals surface area contributed by atoms with Gasteiger partial charge in [-0.25, -0.2) is 0 Å². The van der Waals surface area contributed by atoms with Crippen LogP contribution in [0, 0.1) is 0 Å². The number of hydrogen-bond acceptors (Lipinski definition) is 8. The predicted octanol–water partition coefficient (Wildman–Crippen LogP) is 3.95. The molecule has 0 aliphatic rings. The van der Waals surface area contributed by atoms with Crippen LogP contribution < -0.4 is 15.4 Å². The first-order chi connectivity index (χ1) is 13.1. The van der Waals surface area contributed by atoms with Crippen molar-refractivity contribution in [3.63, 3.8) is 0 Å². The normalized spacial score (nSPS) is 10.4. The van der Waals surface area contributed by atoms with Gasteiger partial charge >= 0.3 is 6.01 Å². The highest BCUT2D eigenvalue weighted by Gasteiger charge is 2.09. The number of hydrogen-bond donors (Lipinski definition) is 4. The molecule has 0 spiro atoms. The Labute approximate surface area is 156 Å². The Balaban J connectivity index is 1.85. The summed E-state index contributed by atoms with van der Waals surface area (Å²) in [6.45, 7) is 2.57. The fourth-order valence-corrected chi connectivity index (χ4v) is 2.27. The fourth-order valence-electron chi connectivity index (χ4n) is 2.27. The van der Waals surface area contributed by atoms with Gasteiger partial charge < -0.3 is 25.6 Å². The molecule has 8 heteroatoms. The van der Waals surface area contributed by atoms with Gasteiger partial charge in [-0.05, 0) is 30.7 Å². The summed E-state index contributed by atoms with van der Waals surface area (Å²) in [5, 5.41) is 25.3. The van der Waals surface area contributed by atoms with E-state index in [1.165, 1.54) is 0 Å². The number of unbranched alkanes of at least 4 members (excludes halogenated alkanes) is 1. The number of aromatic hydroxyl groups is 2. The summed E-state index contributed by atoms with van der Waals surface area (Å²) < 4.78 is 5.61. The molecule has 0 amide bonds. The third-order valence-corrected chi connectivity index (χ3v) is 3.55. The van der Waals surface area contributed by atoms with Gasteiger partial charge in [-0.2, -0.15) is 15.0 Å². The third kappa shape index (κ3) is 5.46. The van der Waals surface area contributed by atoms with Gasteiger partial charge in [-0.3, -0.25) is 0 Å². The van der Waals surface area contributed by atoms with Crippen molar-refractivity contribution in [2.24, 2.45) is 0 Å². The van der Waals surface area contributed by atoms with E-state index in [-0.39, 0.29) is 29.4 Å². The zero-order chi connectivity index (χ0) is 19.1. The summed E-state index contributed by atoms with van der Waals surface area (Å²) >= 11 is 0. The molecule has 8 nitrogen and oxygen atoms in total. The van der Waals surface area contributed by atoms with Crippen molar-refractivity contribution < 1.29 is 14.9 Å². The van der Waals surface area contributed by atoms with Crippen molar-refractivity contribution in [2.75, 3.05) is 17.2 Å². The van der Waals surface area contributed by atoms with Crippen LogP contribution in [0.3, 0.4) is 0 Å². The maximum absolute atomic E-state index is 9.61. The lowest BCUT2D eigenvalue weighted by Crippen LogP contribution is -2.08. The van der Waals surface area contributed by atoms with Gasteiger partial charge in [0.05, 0.1) is 6.61 Å². The molecule has 1 heterocycles. The zero-order valence-corrected chi connectivity index (χ0v) is 14.9. The van der Waals surface area contributed by atoms with Crippen LogP contribution in [0.1, 0.15) is 19.8 Å². The molecule has 3 rings (SSSR count). The lowest BCUT2D eigenvalue weighted by Gasteiger charge is -2.11. The van der Waals surface area contributed by atoms with E-state index in [9.17, 15) is 10.2 Å². The van der Waals surface area contributed by atoms with E-state index in [2.05, 4.69) is 32.5 Å². The van der Waals surface area contributed by atoms with Crippen molar-refractivity contribution in [1.29, 1.82) is 0 Å². The lowest BCUT2D eigenvalue weighted by atomic mass is 10.3. The van der Waals surface area contributed by atoms with Gasteiger partial charge in [0.15, 0.2) is 0 Å². The number of anilines is 4. The average molecular weight is 367 g/mol. The standard InChI is InChI=1S/C19H21N5O3/c1-2-3-10-27-19-23-17(20-13-6-4-8-15(25)11-13)22-18(24-19)21-14-7-5-9-16(26)12-14/h4-9,11-12,25-26H,2-3,10H2,1H3,(H2,20,21,22,23,24). The molecule has 140 valence electrons. The number of phenols is 2. The number of phenolic OH excluding ortho intramolecular Hbond substituents is 2. The Morgan fingerprint density at radius 1 is 0.852 bits per heavy atom. The van der Waals surface area contributed by atoms with Crippen LogP contribution in [0.15, 0.2) is 48.5 Å². The van der Waals surface area contributed by atoms with Gasteiger partial charge in [0.2, 0.25) is 11.9 Å². The van der Waals surface area contributed by atoms with Gasteiger partial charge in [-0.15, -0.1) is 0 Å². The van der Waals surface area contributed by atoms with Crippen molar-refractivity contribution >= 4 is 23.3 Å². The highest BCUT2D eigenvalue weighted by Crippen LogP contribution is 2.23. The summed E-state index contributed by atoms with van der Waals surface area (Å²) in [6, 6.07) is 13.4.